The molecule has 0 atom stereocenters. The number of rotatable bonds is 5. The molecule has 1 saturated carbocycles. The average molecular weight is 366 g/mol. The maximum absolute atomic E-state index is 12.1. The molecule has 1 aromatic heterocycles. The van der Waals surface area contributed by atoms with Crippen LogP contribution in [0.25, 0.3) is 0 Å². The highest BCUT2D eigenvalue weighted by molar-refractivity contribution is 7.15. The summed E-state index contributed by atoms with van der Waals surface area (Å²) in [5.41, 5.74) is 0. The number of aromatic nitrogens is 2. The molecular formula is C17H26N4O3S. The van der Waals surface area contributed by atoms with Gasteiger partial charge in [0.2, 0.25) is 11.0 Å². The minimum Gasteiger partial charge on any atom is -0.469 e. The van der Waals surface area contributed by atoms with Gasteiger partial charge in [-0.3, -0.25) is 9.59 Å². The van der Waals surface area contributed by atoms with Crippen LogP contribution in [-0.4, -0.2) is 60.3 Å². The fourth-order valence-electron chi connectivity index (χ4n) is 3.49. The quantitative estimate of drug-likeness (QED) is 0.744. The van der Waals surface area contributed by atoms with E-state index in [9.17, 15) is 9.59 Å². The van der Waals surface area contributed by atoms with Crippen LogP contribution < -0.4 is 4.90 Å². The number of piperazine rings is 1. The number of carbonyl (C=O) groups is 2. The van der Waals surface area contributed by atoms with Crippen molar-refractivity contribution in [3.63, 3.8) is 0 Å². The van der Waals surface area contributed by atoms with E-state index >= 15 is 0 Å². The Morgan fingerprint density at radius 3 is 2.48 bits per heavy atom. The molecule has 138 valence electrons. The highest BCUT2D eigenvalue weighted by atomic mass is 32.1. The van der Waals surface area contributed by atoms with Crippen LogP contribution in [0.2, 0.25) is 0 Å². The number of methoxy groups -OCH3 is 1. The molecule has 1 aliphatic heterocycles. The number of hydrogen-bond acceptors (Lipinski definition) is 7. The van der Waals surface area contributed by atoms with Gasteiger partial charge in [0.1, 0.15) is 5.01 Å². The SMILES string of the molecule is COC(=O)CCC(=O)N1CCN(c2nnc(C3CCCCC3)s2)CC1. The zero-order chi connectivity index (χ0) is 17.6. The van der Waals surface area contributed by atoms with Crippen LogP contribution >= 0.6 is 11.3 Å². The van der Waals surface area contributed by atoms with Crippen molar-refractivity contribution in [1.82, 2.24) is 15.1 Å². The van der Waals surface area contributed by atoms with Gasteiger partial charge in [-0.2, -0.15) is 0 Å². The topological polar surface area (TPSA) is 75.6 Å². The van der Waals surface area contributed by atoms with Crippen molar-refractivity contribution in [2.45, 2.75) is 50.9 Å². The molecule has 0 N–H and O–H groups in total. The molecule has 1 saturated heterocycles. The summed E-state index contributed by atoms with van der Waals surface area (Å²) in [4.78, 5) is 27.3. The third-order valence-electron chi connectivity index (χ3n) is 5.06. The largest absolute Gasteiger partial charge is 0.469 e. The predicted octanol–water partition coefficient (Wildman–Crippen LogP) is 2.19. The summed E-state index contributed by atoms with van der Waals surface area (Å²) in [6.45, 7) is 2.86. The van der Waals surface area contributed by atoms with Gasteiger partial charge in [0, 0.05) is 38.5 Å². The third-order valence-corrected chi connectivity index (χ3v) is 6.20. The fourth-order valence-corrected chi connectivity index (χ4v) is 4.55. The molecule has 0 radical (unpaired) electrons. The van der Waals surface area contributed by atoms with Crippen LogP contribution in [0.4, 0.5) is 5.13 Å². The van der Waals surface area contributed by atoms with E-state index in [4.69, 9.17) is 0 Å². The Labute approximate surface area is 152 Å². The van der Waals surface area contributed by atoms with E-state index in [-0.39, 0.29) is 24.7 Å². The number of anilines is 1. The molecule has 2 heterocycles. The number of ether oxygens (including phenoxy) is 1. The molecule has 1 amide bonds. The van der Waals surface area contributed by atoms with Crippen LogP contribution in [-0.2, 0) is 14.3 Å². The van der Waals surface area contributed by atoms with Crippen LogP contribution in [0.1, 0.15) is 55.9 Å². The first kappa shape index (κ1) is 18.1. The Hall–Kier alpha value is -1.70. The molecule has 0 bridgehead atoms. The third kappa shape index (κ3) is 4.68. The van der Waals surface area contributed by atoms with E-state index in [1.165, 1.54) is 44.2 Å². The lowest BCUT2D eigenvalue weighted by atomic mass is 9.90. The number of hydrogen-bond donors (Lipinski definition) is 0. The van der Waals surface area contributed by atoms with E-state index in [0.29, 0.717) is 19.0 Å². The van der Waals surface area contributed by atoms with Crippen LogP contribution in [0, 0.1) is 0 Å². The number of esters is 1. The monoisotopic (exact) mass is 366 g/mol. The Bertz CT molecular complexity index is 592. The van der Waals surface area contributed by atoms with Gasteiger partial charge in [-0.15, -0.1) is 10.2 Å². The summed E-state index contributed by atoms with van der Waals surface area (Å²) < 4.78 is 4.58. The molecule has 8 heteroatoms. The lowest BCUT2D eigenvalue weighted by molar-refractivity contribution is -0.143. The Morgan fingerprint density at radius 2 is 1.80 bits per heavy atom. The van der Waals surface area contributed by atoms with Crippen molar-refractivity contribution in [3.05, 3.63) is 5.01 Å². The molecule has 25 heavy (non-hydrogen) atoms. The van der Waals surface area contributed by atoms with Crippen molar-refractivity contribution in [1.29, 1.82) is 0 Å². The molecular weight excluding hydrogens is 340 g/mol. The average Bonchev–Trinajstić information content (AvgIpc) is 3.17. The highest BCUT2D eigenvalue weighted by Crippen LogP contribution is 2.36. The second-order valence-corrected chi connectivity index (χ2v) is 7.69. The second kappa shape index (κ2) is 8.60. The van der Waals surface area contributed by atoms with Crippen molar-refractivity contribution >= 4 is 28.3 Å². The maximum Gasteiger partial charge on any atom is 0.306 e. The van der Waals surface area contributed by atoms with Gasteiger partial charge in [-0.1, -0.05) is 30.6 Å². The van der Waals surface area contributed by atoms with Crippen LogP contribution in [0.5, 0.6) is 0 Å². The number of nitrogens with zero attached hydrogens (tertiary/aromatic N) is 4. The Balaban J connectivity index is 1.48. The first-order valence-electron chi connectivity index (χ1n) is 9.10. The van der Waals surface area contributed by atoms with Crippen LogP contribution in [0.15, 0.2) is 0 Å². The molecule has 2 fully saturated rings. The number of carbonyl (C=O) groups excluding carboxylic acids is 2. The standard InChI is InChI=1S/C17H26N4O3S/c1-24-15(23)8-7-14(22)20-9-11-21(12-10-20)17-19-18-16(25-17)13-5-3-2-4-6-13/h13H,2-12H2,1H3. The van der Waals surface area contributed by atoms with Gasteiger partial charge in [-0.05, 0) is 12.8 Å². The molecule has 1 aromatic rings. The summed E-state index contributed by atoms with van der Waals surface area (Å²) in [6.07, 6.45) is 6.77. The molecule has 3 rings (SSSR count). The van der Waals surface area contributed by atoms with Gasteiger partial charge in [0.25, 0.3) is 0 Å². The van der Waals surface area contributed by atoms with E-state index in [2.05, 4.69) is 19.8 Å². The molecule has 7 nitrogen and oxygen atoms in total. The molecule has 2 aliphatic rings. The smallest absolute Gasteiger partial charge is 0.306 e. The van der Waals surface area contributed by atoms with E-state index in [0.717, 1.165) is 18.2 Å². The molecule has 1 aliphatic carbocycles. The van der Waals surface area contributed by atoms with Gasteiger partial charge in [0.15, 0.2) is 0 Å². The van der Waals surface area contributed by atoms with E-state index < -0.39 is 0 Å². The lowest BCUT2D eigenvalue weighted by Crippen LogP contribution is -2.48. The Morgan fingerprint density at radius 1 is 1.08 bits per heavy atom. The van der Waals surface area contributed by atoms with Crippen molar-refractivity contribution in [2.75, 3.05) is 38.2 Å². The summed E-state index contributed by atoms with van der Waals surface area (Å²) in [5.74, 6) is 0.266. The minimum atomic E-state index is -0.337. The van der Waals surface area contributed by atoms with Gasteiger partial charge in [-0.25, -0.2) is 0 Å². The molecule has 0 spiro atoms. The van der Waals surface area contributed by atoms with E-state index in [1.54, 1.807) is 11.3 Å². The summed E-state index contributed by atoms with van der Waals surface area (Å²) in [7, 11) is 1.34. The fraction of sp³-hybridized carbons (Fsp3) is 0.765. The molecule has 0 unspecified atom stereocenters. The highest BCUT2D eigenvalue weighted by Gasteiger charge is 2.25. The van der Waals surface area contributed by atoms with Gasteiger partial charge in [0.05, 0.1) is 13.5 Å². The van der Waals surface area contributed by atoms with Gasteiger partial charge < -0.3 is 14.5 Å². The Kier molecular flexibility index (Phi) is 6.23. The van der Waals surface area contributed by atoms with E-state index in [1.807, 2.05) is 4.90 Å². The molecule has 0 aromatic carbocycles. The summed E-state index contributed by atoms with van der Waals surface area (Å²) in [6, 6.07) is 0. The normalized spacial score (nSPS) is 19.1. The second-order valence-electron chi connectivity index (χ2n) is 6.70. The maximum atomic E-state index is 12.1. The van der Waals surface area contributed by atoms with Crippen molar-refractivity contribution in [3.8, 4) is 0 Å². The van der Waals surface area contributed by atoms with Gasteiger partial charge >= 0.3 is 5.97 Å². The predicted molar refractivity (Wildman–Crippen MR) is 95.8 cm³/mol. The zero-order valence-electron chi connectivity index (χ0n) is 14.8. The first-order chi connectivity index (χ1) is 12.2. The van der Waals surface area contributed by atoms with Crippen molar-refractivity contribution in [2.24, 2.45) is 0 Å². The lowest BCUT2D eigenvalue weighted by Gasteiger charge is -2.34. The minimum absolute atomic E-state index is 0.0187. The number of amides is 1. The first-order valence-corrected chi connectivity index (χ1v) is 9.92. The van der Waals surface area contributed by atoms with Crippen LogP contribution in [0.3, 0.4) is 0 Å². The zero-order valence-corrected chi connectivity index (χ0v) is 15.6. The summed E-state index contributed by atoms with van der Waals surface area (Å²) in [5, 5.41) is 11.0. The van der Waals surface area contributed by atoms with Crippen molar-refractivity contribution < 1.29 is 14.3 Å². The summed E-state index contributed by atoms with van der Waals surface area (Å²) >= 11 is 1.71.